The maximum Gasteiger partial charge on any atom is 0.242 e. The van der Waals surface area contributed by atoms with Crippen molar-refractivity contribution in [2.75, 3.05) is 31.5 Å². The largest absolute Gasteiger partial charge is 0.370 e. The Kier molecular flexibility index (Phi) is 5.14. The Morgan fingerprint density at radius 3 is 2.48 bits per heavy atom. The van der Waals surface area contributed by atoms with Crippen LogP contribution in [0.3, 0.4) is 0 Å². The van der Waals surface area contributed by atoms with Crippen molar-refractivity contribution in [3.63, 3.8) is 0 Å². The molecule has 1 aliphatic rings. The number of aromatic nitrogens is 1. The summed E-state index contributed by atoms with van der Waals surface area (Å²) >= 11 is 0. The monoisotopic (exact) mass is 290 g/mol. The van der Waals surface area contributed by atoms with E-state index in [2.05, 4.69) is 17.2 Å². The maximum atomic E-state index is 12.0. The van der Waals surface area contributed by atoms with Gasteiger partial charge in [0.1, 0.15) is 12.4 Å². The van der Waals surface area contributed by atoms with E-state index in [0.29, 0.717) is 13.1 Å². The van der Waals surface area contributed by atoms with Crippen molar-refractivity contribution in [1.29, 1.82) is 0 Å². The van der Waals surface area contributed by atoms with Gasteiger partial charge in [0, 0.05) is 25.8 Å². The molecule has 6 heteroatoms. The van der Waals surface area contributed by atoms with Gasteiger partial charge in [-0.25, -0.2) is 4.98 Å². The number of likely N-dealkylation sites (N-methyl/N-ethyl adjacent to an activating group) is 1. The van der Waals surface area contributed by atoms with E-state index >= 15 is 0 Å². The van der Waals surface area contributed by atoms with Crippen LogP contribution in [0.5, 0.6) is 0 Å². The lowest BCUT2D eigenvalue weighted by atomic mass is 10.2. The molecular weight excluding hydrogens is 268 g/mol. The molecule has 1 saturated heterocycles. The Bertz CT molecular complexity index is 501. The van der Waals surface area contributed by atoms with Gasteiger partial charge in [-0.15, -0.1) is 0 Å². The number of hydrogen-bond donors (Lipinski definition) is 1. The molecule has 0 bridgehead atoms. The molecule has 1 aromatic rings. The summed E-state index contributed by atoms with van der Waals surface area (Å²) in [6.07, 6.45) is 2.80. The van der Waals surface area contributed by atoms with E-state index in [1.54, 1.807) is 16.0 Å². The van der Waals surface area contributed by atoms with Crippen LogP contribution < -0.4 is 5.32 Å². The lowest BCUT2D eigenvalue weighted by Gasteiger charge is -2.33. The number of nitrogens with one attached hydrogen (secondary N) is 1. The molecule has 1 fully saturated rings. The van der Waals surface area contributed by atoms with Crippen LogP contribution in [0.2, 0.25) is 0 Å². The predicted molar refractivity (Wildman–Crippen MR) is 80.7 cm³/mol. The van der Waals surface area contributed by atoms with Crippen molar-refractivity contribution in [2.45, 2.75) is 26.8 Å². The second kappa shape index (κ2) is 7.06. The molecule has 0 aliphatic carbocycles. The zero-order chi connectivity index (χ0) is 15.2. The van der Waals surface area contributed by atoms with Crippen molar-refractivity contribution in [3.8, 4) is 0 Å². The van der Waals surface area contributed by atoms with Crippen molar-refractivity contribution in [1.82, 2.24) is 14.8 Å². The molecule has 2 rings (SSSR count). The van der Waals surface area contributed by atoms with Crippen LogP contribution in [0.1, 0.15) is 25.8 Å². The van der Waals surface area contributed by atoms with E-state index in [-0.39, 0.29) is 24.9 Å². The highest BCUT2D eigenvalue weighted by Crippen LogP contribution is 2.11. The van der Waals surface area contributed by atoms with Crippen LogP contribution in [0.4, 0.5) is 5.82 Å². The van der Waals surface area contributed by atoms with Gasteiger partial charge in [-0.05, 0) is 25.0 Å². The van der Waals surface area contributed by atoms with Crippen molar-refractivity contribution < 1.29 is 9.59 Å². The maximum absolute atomic E-state index is 12.0. The summed E-state index contributed by atoms with van der Waals surface area (Å²) in [6.45, 7) is 6.22. The summed E-state index contributed by atoms with van der Waals surface area (Å²) in [5.41, 5.74) is 0.933. The standard InChI is InChI=1S/C15H22N4O2/c1-3-7-16-13-6-5-12(8-17-13)9-19-11-14(20)18(4-2)10-15(19)21/h5-6,8H,3-4,7,9-11H2,1-2H3,(H,16,17). The Balaban J connectivity index is 1.95. The number of piperazine rings is 1. The van der Waals surface area contributed by atoms with E-state index in [1.807, 2.05) is 19.1 Å². The first kappa shape index (κ1) is 15.3. The number of carbonyl (C=O) groups is 2. The number of carbonyl (C=O) groups excluding carboxylic acids is 2. The SMILES string of the molecule is CCCNc1ccc(CN2CC(=O)N(CC)CC2=O)cn1. The molecule has 2 amide bonds. The predicted octanol–water partition coefficient (Wildman–Crippen LogP) is 1.09. The summed E-state index contributed by atoms with van der Waals surface area (Å²) in [6, 6.07) is 3.84. The molecule has 6 nitrogen and oxygen atoms in total. The molecule has 1 aliphatic heterocycles. The molecule has 114 valence electrons. The summed E-state index contributed by atoms with van der Waals surface area (Å²) in [7, 11) is 0. The van der Waals surface area contributed by atoms with Gasteiger partial charge in [0.15, 0.2) is 0 Å². The second-order valence-corrected chi connectivity index (χ2v) is 5.14. The molecule has 0 unspecified atom stereocenters. The number of hydrogen-bond acceptors (Lipinski definition) is 4. The minimum atomic E-state index is -0.00960. The molecule has 0 spiro atoms. The van der Waals surface area contributed by atoms with Crippen LogP contribution in [-0.2, 0) is 16.1 Å². The fraction of sp³-hybridized carbons (Fsp3) is 0.533. The van der Waals surface area contributed by atoms with Crippen LogP contribution >= 0.6 is 0 Å². The summed E-state index contributed by atoms with van der Waals surface area (Å²) < 4.78 is 0. The molecule has 2 heterocycles. The quantitative estimate of drug-likeness (QED) is 0.852. The van der Waals surface area contributed by atoms with Crippen molar-refractivity contribution in [2.24, 2.45) is 0 Å². The summed E-state index contributed by atoms with van der Waals surface area (Å²) in [5.74, 6) is 0.828. The van der Waals surface area contributed by atoms with Gasteiger partial charge in [-0.1, -0.05) is 13.0 Å². The van der Waals surface area contributed by atoms with Gasteiger partial charge in [0.05, 0.1) is 6.54 Å². The third-order valence-electron chi connectivity index (χ3n) is 3.49. The molecule has 0 atom stereocenters. The Hall–Kier alpha value is -2.11. The van der Waals surface area contributed by atoms with Crippen LogP contribution in [0.25, 0.3) is 0 Å². The lowest BCUT2D eigenvalue weighted by molar-refractivity contribution is -0.150. The molecule has 0 radical (unpaired) electrons. The molecular formula is C15H22N4O2. The lowest BCUT2D eigenvalue weighted by Crippen LogP contribution is -2.53. The van der Waals surface area contributed by atoms with E-state index in [1.165, 1.54) is 0 Å². The normalized spacial score (nSPS) is 15.5. The average molecular weight is 290 g/mol. The molecule has 1 N–H and O–H groups in total. The van der Waals surface area contributed by atoms with E-state index in [9.17, 15) is 9.59 Å². The topological polar surface area (TPSA) is 65.5 Å². The highest BCUT2D eigenvalue weighted by atomic mass is 16.2. The van der Waals surface area contributed by atoms with E-state index in [4.69, 9.17) is 0 Å². The summed E-state index contributed by atoms with van der Waals surface area (Å²) in [4.78, 5) is 31.3. The highest BCUT2D eigenvalue weighted by molar-refractivity contribution is 5.92. The van der Waals surface area contributed by atoms with Gasteiger partial charge >= 0.3 is 0 Å². The Labute approximate surface area is 125 Å². The number of amides is 2. The number of nitrogens with zero attached hydrogens (tertiary/aromatic N) is 3. The second-order valence-electron chi connectivity index (χ2n) is 5.14. The zero-order valence-corrected chi connectivity index (χ0v) is 12.6. The molecule has 0 saturated carbocycles. The van der Waals surface area contributed by atoms with Crippen LogP contribution in [-0.4, -0.2) is 52.8 Å². The van der Waals surface area contributed by atoms with E-state index < -0.39 is 0 Å². The number of rotatable bonds is 6. The number of pyridine rings is 1. The molecule has 1 aromatic heterocycles. The summed E-state index contributed by atoms with van der Waals surface area (Å²) in [5, 5.41) is 3.20. The fourth-order valence-electron chi connectivity index (χ4n) is 2.23. The Morgan fingerprint density at radius 2 is 1.86 bits per heavy atom. The highest BCUT2D eigenvalue weighted by Gasteiger charge is 2.28. The van der Waals surface area contributed by atoms with Gasteiger partial charge in [0.2, 0.25) is 11.8 Å². The van der Waals surface area contributed by atoms with Gasteiger partial charge in [-0.3, -0.25) is 9.59 Å². The van der Waals surface area contributed by atoms with Crippen LogP contribution in [0.15, 0.2) is 18.3 Å². The number of anilines is 1. The van der Waals surface area contributed by atoms with Gasteiger partial charge < -0.3 is 15.1 Å². The molecule has 21 heavy (non-hydrogen) atoms. The smallest absolute Gasteiger partial charge is 0.242 e. The third kappa shape index (κ3) is 3.93. The first-order valence-electron chi connectivity index (χ1n) is 7.38. The van der Waals surface area contributed by atoms with E-state index in [0.717, 1.165) is 24.3 Å². The zero-order valence-electron chi connectivity index (χ0n) is 12.6. The minimum Gasteiger partial charge on any atom is -0.370 e. The fourth-order valence-corrected chi connectivity index (χ4v) is 2.23. The molecule has 0 aromatic carbocycles. The Morgan fingerprint density at radius 1 is 1.14 bits per heavy atom. The average Bonchev–Trinajstić information content (AvgIpc) is 2.50. The first-order chi connectivity index (χ1) is 10.1. The van der Waals surface area contributed by atoms with Crippen molar-refractivity contribution in [3.05, 3.63) is 23.9 Å². The minimum absolute atomic E-state index is 0.00583. The van der Waals surface area contributed by atoms with Crippen molar-refractivity contribution >= 4 is 17.6 Å². The first-order valence-corrected chi connectivity index (χ1v) is 7.38. The van der Waals surface area contributed by atoms with Crippen LogP contribution in [0, 0.1) is 0 Å². The third-order valence-corrected chi connectivity index (χ3v) is 3.49. The van der Waals surface area contributed by atoms with Gasteiger partial charge in [-0.2, -0.15) is 0 Å². The van der Waals surface area contributed by atoms with Gasteiger partial charge in [0.25, 0.3) is 0 Å².